The predicted octanol–water partition coefficient (Wildman–Crippen LogP) is 7.35. The standard InChI is InChI=1S/C26H56NO3Si/c1-5-9-17-22-27(24-19-20-25-27)23-18-15-13-11-10-12-14-16-21-26-31(28-6-2,29-7-3)30-8-4/h5-26H2,1-4H3/q+1. The van der Waals surface area contributed by atoms with Crippen LogP contribution in [-0.2, 0) is 13.3 Å². The number of likely N-dealkylation sites (tertiary alicyclic amines) is 1. The molecule has 1 fully saturated rings. The molecule has 0 spiro atoms. The summed E-state index contributed by atoms with van der Waals surface area (Å²) < 4.78 is 19.3. The van der Waals surface area contributed by atoms with E-state index in [9.17, 15) is 0 Å². The zero-order chi connectivity index (χ0) is 22.7. The molecular weight excluding hydrogens is 402 g/mol. The molecular formula is C26H56NO3Si+. The van der Waals surface area contributed by atoms with Gasteiger partial charge in [-0.2, -0.15) is 0 Å². The highest BCUT2D eigenvalue weighted by molar-refractivity contribution is 6.60. The summed E-state index contributed by atoms with van der Waals surface area (Å²) in [4.78, 5) is 0. The van der Waals surface area contributed by atoms with Gasteiger partial charge in [-0.3, -0.25) is 0 Å². The lowest BCUT2D eigenvalue weighted by molar-refractivity contribution is -0.917. The number of quaternary nitrogens is 1. The van der Waals surface area contributed by atoms with Crippen LogP contribution < -0.4 is 0 Å². The maximum absolute atomic E-state index is 5.96. The third-order valence-electron chi connectivity index (χ3n) is 6.96. The summed E-state index contributed by atoms with van der Waals surface area (Å²) in [5.41, 5.74) is 0. The lowest BCUT2D eigenvalue weighted by atomic mass is 10.1. The third kappa shape index (κ3) is 12.8. The topological polar surface area (TPSA) is 27.7 Å². The quantitative estimate of drug-likeness (QED) is 0.0964. The first kappa shape index (κ1) is 29.1. The van der Waals surface area contributed by atoms with Crippen molar-refractivity contribution in [3.63, 3.8) is 0 Å². The minimum atomic E-state index is -2.42. The summed E-state index contributed by atoms with van der Waals surface area (Å²) in [5, 5.41) is 0. The van der Waals surface area contributed by atoms with Gasteiger partial charge in [0.2, 0.25) is 0 Å². The molecule has 0 saturated carbocycles. The molecule has 1 rings (SSSR count). The van der Waals surface area contributed by atoms with Crippen LogP contribution in [0.2, 0.25) is 6.04 Å². The van der Waals surface area contributed by atoms with Crippen molar-refractivity contribution >= 4 is 8.80 Å². The Morgan fingerprint density at radius 2 is 0.968 bits per heavy atom. The molecule has 0 aromatic carbocycles. The van der Waals surface area contributed by atoms with E-state index in [0.717, 1.165) is 6.04 Å². The van der Waals surface area contributed by atoms with Crippen LogP contribution >= 0.6 is 0 Å². The van der Waals surface area contributed by atoms with Crippen molar-refractivity contribution in [3.8, 4) is 0 Å². The van der Waals surface area contributed by atoms with Crippen molar-refractivity contribution in [1.29, 1.82) is 0 Å². The van der Waals surface area contributed by atoms with E-state index in [-0.39, 0.29) is 0 Å². The lowest BCUT2D eigenvalue weighted by Gasteiger charge is -2.34. The van der Waals surface area contributed by atoms with Crippen LogP contribution in [0.3, 0.4) is 0 Å². The van der Waals surface area contributed by atoms with Crippen molar-refractivity contribution in [3.05, 3.63) is 0 Å². The van der Waals surface area contributed by atoms with Crippen LogP contribution in [0.4, 0.5) is 0 Å². The number of unbranched alkanes of at least 4 members (excludes halogenated alkanes) is 10. The first-order valence-corrected chi connectivity index (χ1v) is 15.9. The number of hydrogen-bond acceptors (Lipinski definition) is 3. The molecule has 4 nitrogen and oxygen atoms in total. The second-order valence-corrected chi connectivity index (χ2v) is 12.3. The van der Waals surface area contributed by atoms with Gasteiger partial charge < -0.3 is 17.8 Å². The molecule has 0 unspecified atom stereocenters. The fraction of sp³-hybridized carbons (Fsp3) is 1.00. The third-order valence-corrected chi connectivity index (χ3v) is 10.1. The van der Waals surface area contributed by atoms with E-state index in [0.29, 0.717) is 19.8 Å². The summed E-state index contributed by atoms with van der Waals surface area (Å²) in [6, 6.07) is 0.973. The molecule has 31 heavy (non-hydrogen) atoms. The molecule has 0 atom stereocenters. The summed E-state index contributed by atoms with van der Waals surface area (Å²) in [7, 11) is -2.42. The van der Waals surface area contributed by atoms with E-state index in [2.05, 4.69) is 6.92 Å². The van der Waals surface area contributed by atoms with E-state index >= 15 is 0 Å². The van der Waals surface area contributed by atoms with Gasteiger partial charge in [-0.25, -0.2) is 0 Å². The van der Waals surface area contributed by atoms with Crippen LogP contribution in [0.1, 0.15) is 118 Å². The number of rotatable bonds is 22. The van der Waals surface area contributed by atoms with Gasteiger partial charge in [-0.05, 0) is 52.9 Å². The first-order valence-electron chi connectivity index (χ1n) is 13.9. The van der Waals surface area contributed by atoms with E-state index in [1.54, 1.807) is 0 Å². The monoisotopic (exact) mass is 458 g/mol. The molecule has 0 aromatic heterocycles. The van der Waals surface area contributed by atoms with Crippen molar-refractivity contribution in [2.75, 3.05) is 46.0 Å². The molecule has 1 saturated heterocycles. The Morgan fingerprint density at radius 1 is 0.548 bits per heavy atom. The maximum atomic E-state index is 5.96. The van der Waals surface area contributed by atoms with Crippen LogP contribution in [-0.4, -0.2) is 59.3 Å². The number of nitrogens with zero attached hydrogens (tertiary/aromatic N) is 1. The van der Waals surface area contributed by atoms with E-state index in [4.69, 9.17) is 13.3 Å². The van der Waals surface area contributed by atoms with Gasteiger partial charge in [0.1, 0.15) is 0 Å². The Balaban J connectivity index is 2.04. The SMILES string of the molecule is CCCCC[N+]1(CCCCCCCCCCC[Si](OCC)(OCC)OCC)CCCC1. The largest absolute Gasteiger partial charge is 0.500 e. The van der Waals surface area contributed by atoms with Crippen molar-refractivity contribution in [1.82, 2.24) is 0 Å². The summed E-state index contributed by atoms with van der Waals surface area (Å²) in [5.74, 6) is 0. The Hall–Kier alpha value is 0.0569. The molecule has 1 heterocycles. The van der Waals surface area contributed by atoms with Gasteiger partial charge in [-0.15, -0.1) is 0 Å². The second-order valence-electron chi connectivity index (χ2n) is 9.56. The van der Waals surface area contributed by atoms with Crippen LogP contribution in [0, 0.1) is 0 Å². The average molecular weight is 459 g/mol. The van der Waals surface area contributed by atoms with Gasteiger partial charge >= 0.3 is 8.80 Å². The fourth-order valence-corrected chi connectivity index (χ4v) is 7.98. The molecule has 1 aliphatic rings. The highest BCUT2D eigenvalue weighted by Crippen LogP contribution is 2.23. The molecule has 0 bridgehead atoms. The van der Waals surface area contributed by atoms with Gasteiger partial charge in [0.05, 0.1) is 26.2 Å². The summed E-state index contributed by atoms with van der Waals surface area (Å²) in [6.45, 7) is 16.3. The van der Waals surface area contributed by atoms with Gasteiger partial charge in [0.25, 0.3) is 0 Å². The minimum Gasteiger partial charge on any atom is -0.374 e. The Labute approximate surface area is 196 Å². The lowest BCUT2D eigenvalue weighted by Crippen LogP contribution is -2.46. The van der Waals surface area contributed by atoms with Gasteiger partial charge in [-0.1, -0.05) is 51.9 Å². The van der Waals surface area contributed by atoms with Gasteiger partial charge in [0.15, 0.2) is 0 Å². The molecule has 1 aliphatic heterocycles. The van der Waals surface area contributed by atoms with Crippen LogP contribution in [0.15, 0.2) is 0 Å². The predicted molar refractivity (Wildman–Crippen MR) is 135 cm³/mol. The van der Waals surface area contributed by atoms with E-state index < -0.39 is 8.80 Å². The Bertz CT molecular complexity index is 385. The molecule has 186 valence electrons. The highest BCUT2D eigenvalue weighted by Gasteiger charge is 2.39. The van der Waals surface area contributed by atoms with Crippen molar-refractivity contribution in [2.24, 2.45) is 0 Å². The zero-order valence-corrected chi connectivity index (χ0v) is 22.7. The minimum absolute atomic E-state index is 0.685. The highest BCUT2D eigenvalue weighted by atomic mass is 28.4. The molecule has 0 N–H and O–H groups in total. The zero-order valence-electron chi connectivity index (χ0n) is 21.7. The van der Waals surface area contributed by atoms with E-state index in [1.165, 1.54) is 121 Å². The first-order chi connectivity index (χ1) is 15.2. The van der Waals surface area contributed by atoms with Crippen LogP contribution in [0.5, 0.6) is 0 Å². The fourth-order valence-electron chi connectivity index (χ4n) is 5.29. The van der Waals surface area contributed by atoms with E-state index in [1.807, 2.05) is 20.8 Å². The maximum Gasteiger partial charge on any atom is 0.500 e. The summed E-state index contributed by atoms with van der Waals surface area (Å²) in [6.07, 6.45) is 19.5. The normalized spacial score (nSPS) is 16.3. The molecule has 0 amide bonds. The molecule has 5 heteroatoms. The molecule has 0 radical (unpaired) electrons. The smallest absolute Gasteiger partial charge is 0.374 e. The molecule has 0 aromatic rings. The Morgan fingerprint density at radius 3 is 1.42 bits per heavy atom. The van der Waals surface area contributed by atoms with Gasteiger partial charge in [0, 0.05) is 38.7 Å². The molecule has 0 aliphatic carbocycles. The average Bonchev–Trinajstić information content (AvgIpc) is 3.22. The number of hydrogen-bond donors (Lipinski definition) is 0. The van der Waals surface area contributed by atoms with Crippen LogP contribution in [0.25, 0.3) is 0 Å². The Kier molecular flexibility index (Phi) is 17.3. The van der Waals surface area contributed by atoms with Crippen molar-refractivity contribution < 1.29 is 17.8 Å². The second kappa shape index (κ2) is 18.5. The summed E-state index contributed by atoms with van der Waals surface area (Å²) >= 11 is 0. The van der Waals surface area contributed by atoms with Crippen molar-refractivity contribution in [2.45, 2.75) is 124 Å².